The smallest absolute Gasteiger partial charge is 0.156 e. The molecule has 0 amide bonds. The Kier molecular flexibility index (Phi) is 7.21. The lowest BCUT2D eigenvalue weighted by atomic mass is 10.1. The Labute approximate surface area is 155 Å². The minimum atomic E-state index is 0.240. The van der Waals surface area contributed by atoms with Crippen LogP contribution in [0.25, 0.3) is 10.8 Å². The number of aliphatic imine (C=N–C) groups is 1. The molecule has 5 nitrogen and oxygen atoms in total. The molecule has 0 aliphatic rings. The fourth-order valence-corrected chi connectivity index (χ4v) is 2.77. The maximum atomic E-state index is 6.04. The summed E-state index contributed by atoms with van der Waals surface area (Å²) in [6.45, 7) is 10.2. The predicted molar refractivity (Wildman–Crippen MR) is 109 cm³/mol. The van der Waals surface area contributed by atoms with E-state index in [9.17, 15) is 0 Å². The summed E-state index contributed by atoms with van der Waals surface area (Å²) in [4.78, 5) is 8.56. The van der Waals surface area contributed by atoms with E-state index in [1.54, 1.807) is 12.4 Å². The zero-order valence-corrected chi connectivity index (χ0v) is 15.8. The first-order valence-electron chi connectivity index (χ1n) is 8.92. The van der Waals surface area contributed by atoms with E-state index < -0.39 is 0 Å². The van der Waals surface area contributed by atoms with Crippen LogP contribution in [0, 0.1) is 0 Å². The van der Waals surface area contributed by atoms with E-state index >= 15 is 0 Å². The number of hydrogen-bond acceptors (Lipinski definition) is 5. The molecule has 0 spiro atoms. The minimum absolute atomic E-state index is 0.240. The molecule has 1 heterocycles. The van der Waals surface area contributed by atoms with E-state index in [0.29, 0.717) is 18.4 Å². The molecule has 0 aliphatic heterocycles. The number of nitrogens with one attached hydrogen (secondary N) is 1. The maximum Gasteiger partial charge on any atom is 0.156 e. The average Bonchev–Trinajstić information content (AvgIpc) is 2.61. The number of nitrogens with zero attached hydrogens (tertiary/aromatic N) is 2. The van der Waals surface area contributed by atoms with Gasteiger partial charge in [0.15, 0.2) is 5.76 Å². The number of benzene rings is 1. The van der Waals surface area contributed by atoms with Crippen LogP contribution in [0.3, 0.4) is 0 Å². The third-order valence-corrected chi connectivity index (χ3v) is 4.02. The van der Waals surface area contributed by atoms with Gasteiger partial charge < -0.3 is 15.8 Å². The van der Waals surface area contributed by atoms with Crippen LogP contribution in [0.1, 0.15) is 39.3 Å². The van der Waals surface area contributed by atoms with Crippen molar-refractivity contribution in [2.45, 2.75) is 46.3 Å². The summed E-state index contributed by atoms with van der Waals surface area (Å²) in [7, 11) is 0. The quantitative estimate of drug-likeness (QED) is 0.522. The van der Waals surface area contributed by atoms with Crippen LogP contribution in [0.4, 0.5) is 0 Å². The fourth-order valence-electron chi connectivity index (χ4n) is 2.77. The van der Waals surface area contributed by atoms with Gasteiger partial charge in [-0.3, -0.25) is 4.98 Å². The standard InChI is InChI=1S/C21H28N4O/c1-5-8-15(2)25-16(3)21(13-24-17(4)22)26-14-20-19-10-7-6-9-18(19)11-12-23-20/h6-7,9-13,15,25H,4-5,8,14,22H2,1-3H3/b21-16-,24-13?. The van der Waals surface area contributed by atoms with Crippen molar-refractivity contribution in [2.75, 3.05) is 0 Å². The highest BCUT2D eigenvalue weighted by atomic mass is 16.5. The molecule has 0 saturated carbocycles. The number of fused-ring (bicyclic) bond motifs is 1. The average molecular weight is 352 g/mol. The van der Waals surface area contributed by atoms with Crippen molar-refractivity contribution in [3.8, 4) is 0 Å². The molecule has 138 valence electrons. The summed E-state index contributed by atoms with van der Waals surface area (Å²) in [5.74, 6) is 0.873. The number of hydrogen-bond donors (Lipinski definition) is 2. The molecule has 1 unspecified atom stereocenters. The van der Waals surface area contributed by atoms with Crippen molar-refractivity contribution in [2.24, 2.45) is 10.7 Å². The zero-order chi connectivity index (χ0) is 18.9. The number of pyridine rings is 1. The lowest BCUT2D eigenvalue weighted by Gasteiger charge is -2.17. The Morgan fingerprint density at radius 2 is 2.15 bits per heavy atom. The molecular formula is C21H28N4O. The largest absolute Gasteiger partial charge is 0.484 e. The normalized spacial score (nSPS) is 13.5. The van der Waals surface area contributed by atoms with Gasteiger partial charge in [0.25, 0.3) is 0 Å². The Morgan fingerprint density at radius 1 is 1.38 bits per heavy atom. The molecule has 0 fully saturated rings. The Bertz CT molecular complexity index is 805. The molecule has 0 aliphatic carbocycles. The monoisotopic (exact) mass is 352 g/mol. The van der Waals surface area contributed by atoms with Gasteiger partial charge in [-0.1, -0.05) is 44.2 Å². The van der Waals surface area contributed by atoms with Gasteiger partial charge in [0.05, 0.1) is 17.6 Å². The second-order valence-corrected chi connectivity index (χ2v) is 6.34. The zero-order valence-electron chi connectivity index (χ0n) is 15.8. The molecule has 2 aromatic rings. The van der Waals surface area contributed by atoms with Crippen LogP contribution in [0.2, 0.25) is 0 Å². The van der Waals surface area contributed by atoms with Gasteiger partial charge in [-0.2, -0.15) is 0 Å². The highest BCUT2D eigenvalue weighted by Crippen LogP contribution is 2.18. The van der Waals surface area contributed by atoms with E-state index in [0.717, 1.165) is 35.0 Å². The summed E-state index contributed by atoms with van der Waals surface area (Å²) in [6.07, 6.45) is 5.60. The molecule has 5 heteroatoms. The van der Waals surface area contributed by atoms with E-state index in [4.69, 9.17) is 10.5 Å². The molecule has 1 aromatic heterocycles. The van der Waals surface area contributed by atoms with Gasteiger partial charge >= 0.3 is 0 Å². The van der Waals surface area contributed by atoms with E-state index in [1.807, 2.05) is 25.1 Å². The maximum absolute atomic E-state index is 6.04. The summed E-state index contributed by atoms with van der Waals surface area (Å²) in [6, 6.07) is 10.5. The lowest BCUT2D eigenvalue weighted by molar-refractivity contribution is 0.211. The predicted octanol–water partition coefficient (Wildman–Crippen LogP) is 4.26. The highest BCUT2D eigenvalue weighted by Gasteiger charge is 2.08. The molecule has 2 rings (SSSR count). The number of allylic oxidation sites excluding steroid dienone is 2. The molecule has 26 heavy (non-hydrogen) atoms. The van der Waals surface area contributed by atoms with Crippen LogP contribution in [-0.2, 0) is 11.3 Å². The second-order valence-electron chi connectivity index (χ2n) is 6.34. The number of rotatable bonds is 9. The molecular weight excluding hydrogens is 324 g/mol. The van der Waals surface area contributed by atoms with Crippen molar-refractivity contribution in [1.82, 2.24) is 10.3 Å². The summed E-state index contributed by atoms with van der Waals surface area (Å²) in [5, 5.41) is 5.67. The number of aromatic nitrogens is 1. The van der Waals surface area contributed by atoms with Crippen molar-refractivity contribution < 1.29 is 4.74 Å². The first kappa shape index (κ1) is 19.5. The van der Waals surface area contributed by atoms with Gasteiger partial charge in [0, 0.05) is 17.6 Å². The molecule has 0 saturated heterocycles. The first-order chi connectivity index (χ1) is 12.5. The Balaban J connectivity index is 2.21. The van der Waals surface area contributed by atoms with E-state index in [1.165, 1.54) is 0 Å². The molecule has 0 radical (unpaired) electrons. The Morgan fingerprint density at radius 3 is 2.88 bits per heavy atom. The van der Waals surface area contributed by atoms with Gasteiger partial charge in [0.1, 0.15) is 12.4 Å². The van der Waals surface area contributed by atoms with Crippen LogP contribution in [0.15, 0.2) is 65.4 Å². The van der Waals surface area contributed by atoms with Crippen molar-refractivity contribution in [3.05, 3.63) is 66.1 Å². The molecule has 1 atom stereocenters. The summed E-state index contributed by atoms with van der Waals surface area (Å²) in [5.41, 5.74) is 7.37. The SMILES string of the molecule is C=C(N)N=C/C(OCc1nccc2ccccc12)=C(\C)NC(C)CCC. The van der Waals surface area contributed by atoms with Gasteiger partial charge in [-0.25, -0.2) is 4.99 Å². The second kappa shape index (κ2) is 9.61. The van der Waals surface area contributed by atoms with Crippen molar-refractivity contribution in [3.63, 3.8) is 0 Å². The first-order valence-corrected chi connectivity index (χ1v) is 8.92. The highest BCUT2D eigenvalue weighted by molar-refractivity contribution is 5.84. The van der Waals surface area contributed by atoms with Crippen LogP contribution < -0.4 is 11.1 Å². The Hall–Kier alpha value is -2.82. The van der Waals surface area contributed by atoms with E-state index in [2.05, 4.69) is 47.9 Å². The van der Waals surface area contributed by atoms with Gasteiger partial charge in [-0.15, -0.1) is 0 Å². The topological polar surface area (TPSA) is 72.5 Å². The van der Waals surface area contributed by atoms with Crippen LogP contribution >= 0.6 is 0 Å². The van der Waals surface area contributed by atoms with E-state index in [-0.39, 0.29) is 5.82 Å². The number of nitrogens with two attached hydrogens (primary N) is 1. The molecule has 3 N–H and O–H groups in total. The molecule has 0 bridgehead atoms. The van der Waals surface area contributed by atoms with Crippen LogP contribution in [-0.4, -0.2) is 17.2 Å². The summed E-state index contributed by atoms with van der Waals surface area (Å²) >= 11 is 0. The van der Waals surface area contributed by atoms with Gasteiger partial charge in [-0.05, 0) is 31.7 Å². The third-order valence-electron chi connectivity index (χ3n) is 4.02. The van der Waals surface area contributed by atoms with Crippen molar-refractivity contribution in [1.29, 1.82) is 0 Å². The summed E-state index contributed by atoms with van der Waals surface area (Å²) < 4.78 is 6.04. The van der Waals surface area contributed by atoms with Crippen LogP contribution in [0.5, 0.6) is 0 Å². The number of ether oxygens (including phenoxy) is 1. The third kappa shape index (κ3) is 5.62. The fraction of sp³-hybridized carbons (Fsp3) is 0.333. The minimum Gasteiger partial charge on any atom is -0.484 e. The lowest BCUT2D eigenvalue weighted by Crippen LogP contribution is -2.25. The molecule has 1 aromatic carbocycles. The van der Waals surface area contributed by atoms with Gasteiger partial charge in [0.2, 0.25) is 0 Å². The van der Waals surface area contributed by atoms with Crippen molar-refractivity contribution >= 4 is 17.0 Å².